The van der Waals surface area contributed by atoms with Gasteiger partial charge in [0.05, 0.1) is 0 Å². The van der Waals surface area contributed by atoms with Crippen molar-refractivity contribution in [2.45, 2.75) is 5.53 Å². The zero-order valence-electron chi connectivity index (χ0n) is 3.63. The summed E-state index contributed by atoms with van der Waals surface area (Å²) in [5, 5.41) is 24.7. The first kappa shape index (κ1) is 6.89. The molecular formula is C3H7O3P. The number of rotatable bonds is 1. The van der Waals surface area contributed by atoms with Crippen molar-refractivity contribution in [3.63, 3.8) is 0 Å². The quantitative estimate of drug-likeness (QED) is 0.251. The highest BCUT2D eigenvalue weighted by Crippen LogP contribution is 2.15. The van der Waals surface area contributed by atoms with Crippen molar-refractivity contribution < 1.29 is 15.3 Å². The van der Waals surface area contributed by atoms with E-state index in [9.17, 15) is 0 Å². The Balaban J connectivity index is 3.79. The van der Waals surface area contributed by atoms with E-state index in [-0.39, 0.29) is 0 Å². The van der Waals surface area contributed by atoms with Gasteiger partial charge < -0.3 is 15.3 Å². The first-order valence-electron chi connectivity index (χ1n) is 1.56. The van der Waals surface area contributed by atoms with E-state index in [1.54, 1.807) is 9.24 Å². The van der Waals surface area contributed by atoms with Gasteiger partial charge in [0.25, 0.3) is 0 Å². The largest absolute Gasteiger partial charge is 0.507 e. The van der Waals surface area contributed by atoms with Crippen LogP contribution in [0.2, 0.25) is 0 Å². The average molecular weight is 122 g/mol. The Bertz CT molecular complexity index is 82.7. The highest BCUT2D eigenvalue weighted by atomic mass is 31.0. The molecule has 0 aromatic carbocycles. The molecule has 0 rings (SSSR count). The number of aliphatic hydroxyl groups excluding tert-OH is 1. The van der Waals surface area contributed by atoms with Crippen LogP contribution in [-0.4, -0.2) is 20.8 Å². The summed E-state index contributed by atoms with van der Waals surface area (Å²) in [6, 6.07) is 0. The first-order chi connectivity index (χ1) is 2.94. The maximum Gasteiger partial charge on any atom is 0.234 e. The van der Waals surface area contributed by atoms with E-state index in [0.29, 0.717) is 0 Å². The third kappa shape index (κ3) is 2.57. The normalized spacial score (nSPS) is 11.3. The molecule has 0 fully saturated rings. The maximum atomic E-state index is 8.26. The van der Waals surface area contributed by atoms with Gasteiger partial charge in [-0.1, -0.05) is 15.8 Å². The van der Waals surface area contributed by atoms with Crippen molar-refractivity contribution in [3.05, 3.63) is 12.3 Å². The molecule has 0 bridgehead atoms. The van der Waals surface area contributed by atoms with Crippen LogP contribution in [-0.2, 0) is 0 Å². The van der Waals surface area contributed by atoms with Crippen molar-refractivity contribution in [2.75, 3.05) is 0 Å². The predicted octanol–water partition coefficient (Wildman–Crippen LogP) is -0.428. The Hall–Kier alpha value is -0.110. The summed E-state index contributed by atoms with van der Waals surface area (Å²) in [7, 11) is 1.59. The minimum atomic E-state index is -2.22. The van der Waals surface area contributed by atoms with Crippen molar-refractivity contribution in [3.8, 4) is 0 Å². The van der Waals surface area contributed by atoms with Gasteiger partial charge >= 0.3 is 0 Å². The van der Waals surface area contributed by atoms with Gasteiger partial charge in [-0.05, 0) is 0 Å². The van der Waals surface area contributed by atoms with Gasteiger partial charge in [0, 0.05) is 0 Å². The zero-order chi connectivity index (χ0) is 6.08. The molecule has 1 unspecified atom stereocenters. The number of hydrogen-bond donors (Lipinski definition) is 3. The third-order valence-electron chi connectivity index (χ3n) is 0.425. The monoisotopic (exact) mass is 122 g/mol. The fourth-order valence-electron chi connectivity index (χ4n) is 0. The van der Waals surface area contributed by atoms with Gasteiger partial charge in [-0.25, -0.2) is 0 Å². The molecule has 3 N–H and O–H groups in total. The Morgan fingerprint density at radius 3 is 1.71 bits per heavy atom. The summed E-state index contributed by atoms with van der Waals surface area (Å²) in [6.45, 7) is 2.86. The Morgan fingerprint density at radius 2 is 1.71 bits per heavy atom. The second-order valence-electron chi connectivity index (χ2n) is 1.17. The first-order valence-corrected chi connectivity index (χ1v) is 2.14. The molecule has 0 radical (unpaired) electrons. The van der Waals surface area contributed by atoms with E-state index < -0.39 is 11.3 Å². The zero-order valence-corrected chi connectivity index (χ0v) is 4.78. The highest BCUT2D eigenvalue weighted by molar-refractivity contribution is 7.18. The van der Waals surface area contributed by atoms with Gasteiger partial charge in [-0.2, -0.15) is 0 Å². The molecule has 0 aromatic rings. The predicted molar refractivity (Wildman–Crippen MR) is 28.6 cm³/mol. The summed E-state index contributed by atoms with van der Waals surface area (Å²) in [4.78, 5) is 0. The molecule has 3 nitrogen and oxygen atoms in total. The van der Waals surface area contributed by atoms with E-state index in [2.05, 4.69) is 6.58 Å². The molecule has 0 spiro atoms. The SMILES string of the molecule is C=C(O)C(O)(O)P. The molecule has 7 heavy (non-hydrogen) atoms. The fraction of sp³-hybridized carbons (Fsp3) is 0.333. The lowest BCUT2D eigenvalue weighted by Gasteiger charge is -2.11. The Kier molecular flexibility index (Phi) is 1.75. The number of hydrogen-bond acceptors (Lipinski definition) is 3. The standard InChI is InChI=1S/C3H7O3P/c1-2(4)3(5,6)7/h4-6H,1,7H2. The molecule has 4 heteroatoms. The summed E-state index contributed by atoms with van der Waals surface area (Å²) in [5.74, 6) is -0.683. The second kappa shape index (κ2) is 1.78. The van der Waals surface area contributed by atoms with Gasteiger partial charge in [-0.15, -0.1) is 0 Å². The molecule has 0 aliphatic rings. The van der Waals surface area contributed by atoms with Gasteiger partial charge in [-0.3, -0.25) is 0 Å². The van der Waals surface area contributed by atoms with E-state index in [0.717, 1.165) is 0 Å². The highest BCUT2D eigenvalue weighted by Gasteiger charge is 2.17. The van der Waals surface area contributed by atoms with Crippen LogP contribution in [0.1, 0.15) is 0 Å². The summed E-state index contributed by atoms with van der Waals surface area (Å²) in [6.07, 6.45) is 0. The third-order valence-corrected chi connectivity index (χ3v) is 0.758. The van der Waals surface area contributed by atoms with Gasteiger partial charge in [0.15, 0.2) is 0 Å². The Labute approximate surface area is 43.5 Å². The molecule has 0 aliphatic carbocycles. The number of aliphatic hydroxyl groups is 3. The van der Waals surface area contributed by atoms with Crippen molar-refractivity contribution in [2.24, 2.45) is 0 Å². The molecule has 0 aliphatic heterocycles. The second-order valence-corrected chi connectivity index (χ2v) is 1.98. The summed E-state index contributed by atoms with van der Waals surface area (Å²) in [5.41, 5.74) is -2.22. The van der Waals surface area contributed by atoms with Crippen LogP contribution in [0.5, 0.6) is 0 Å². The molecular weight excluding hydrogens is 115 g/mol. The molecule has 1 atom stereocenters. The van der Waals surface area contributed by atoms with E-state index >= 15 is 0 Å². The molecule has 42 valence electrons. The van der Waals surface area contributed by atoms with Gasteiger partial charge in [0.2, 0.25) is 5.53 Å². The Morgan fingerprint density at radius 1 is 1.57 bits per heavy atom. The smallest absolute Gasteiger partial charge is 0.234 e. The van der Waals surface area contributed by atoms with Crippen LogP contribution < -0.4 is 0 Å². The fourth-order valence-corrected chi connectivity index (χ4v) is 0. The van der Waals surface area contributed by atoms with E-state index in [1.165, 1.54) is 0 Å². The van der Waals surface area contributed by atoms with Crippen LogP contribution in [0.3, 0.4) is 0 Å². The molecule has 0 heterocycles. The van der Waals surface area contributed by atoms with Crippen molar-refractivity contribution >= 4 is 9.24 Å². The molecule has 0 aromatic heterocycles. The van der Waals surface area contributed by atoms with Crippen molar-refractivity contribution in [1.82, 2.24) is 0 Å². The van der Waals surface area contributed by atoms with Crippen LogP contribution in [0.15, 0.2) is 12.3 Å². The topological polar surface area (TPSA) is 60.7 Å². The van der Waals surface area contributed by atoms with Gasteiger partial charge in [0.1, 0.15) is 5.76 Å². The van der Waals surface area contributed by atoms with E-state index in [1.807, 2.05) is 0 Å². The summed E-state index contributed by atoms with van der Waals surface area (Å²) >= 11 is 0. The van der Waals surface area contributed by atoms with E-state index in [4.69, 9.17) is 15.3 Å². The maximum absolute atomic E-state index is 8.26. The van der Waals surface area contributed by atoms with Crippen LogP contribution in [0.25, 0.3) is 0 Å². The molecule has 0 saturated carbocycles. The minimum absolute atomic E-state index is 0.683. The molecule has 0 saturated heterocycles. The lowest BCUT2D eigenvalue weighted by Crippen LogP contribution is -2.20. The minimum Gasteiger partial charge on any atom is -0.507 e. The lowest BCUT2D eigenvalue weighted by atomic mass is 10.5. The lowest BCUT2D eigenvalue weighted by molar-refractivity contribution is -0.0716. The van der Waals surface area contributed by atoms with Crippen LogP contribution in [0.4, 0.5) is 0 Å². The van der Waals surface area contributed by atoms with Crippen molar-refractivity contribution in [1.29, 1.82) is 0 Å². The summed E-state index contributed by atoms with van der Waals surface area (Å²) < 4.78 is 0. The molecule has 0 amide bonds. The average Bonchev–Trinajstić information content (AvgIpc) is 1.31. The van der Waals surface area contributed by atoms with Crippen LogP contribution >= 0.6 is 9.24 Å². The van der Waals surface area contributed by atoms with Crippen LogP contribution in [0, 0.1) is 0 Å².